The molecule has 2 rings (SSSR count). The number of nitrogens with zero attached hydrogens (tertiary/aromatic N) is 2. The molecule has 2 heterocycles. The molecular formula is C14H23N3. The summed E-state index contributed by atoms with van der Waals surface area (Å²) in [6.07, 6.45) is 6.26. The second kappa shape index (κ2) is 5.61. The smallest absolute Gasteiger partial charge is 0.0315 e. The summed E-state index contributed by atoms with van der Waals surface area (Å²) in [5.41, 5.74) is 1.28. The summed E-state index contributed by atoms with van der Waals surface area (Å²) < 4.78 is 0. The SMILES string of the molecule is CC1CC(N[C@H](C)c2cccnc2)CCN1C. The van der Waals surface area contributed by atoms with Crippen molar-refractivity contribution in [3.63, 3.8) is 0 Å². The van der Waals surface area contributed by atoms with Gasteiger partial charge < -0.3 is 10.2 Å². The summed E-state index contributed by atoms with van der Waals surface area (Å²) in [7, 11) is 2.21. The summed E-state index contributed by atoms with van der Waals surface area (Å²) in [5.74, 6) is 0. The molecule has 3 nitrogen and oxygen atoms in total. The Morgan fingerprint density at radius 3 is 3.00 bits per heavy atom. The van der Waals surface area contributed by atoms with Crippen LogP contribution in [0.5, 0.6) is 0 Å². The van der Waals surface area contributed by atoms with Crippen LogP contribution in [0.1, 0.15) is 38.3 Å². The highest BCUT2D eigenvalue weighted by atomic mass is 15.1. The van der Waals surface area contributed by atoms with Crippen LogP contribution >= 0.6 is 0 Å². The van der Waals surface area contributed by atoms with Gasteiger partial charge in [0.1, 0.15) is 0 Å². The number of piperidine rings is 1. The van der Waals surface area contributed by atoms with Gasteiger partial charge in [-0.1, -0.05) is 6.07 Å². The summed E-state index contributed by atoms with van der Waals surface area (Å²) >= 11 is 0. The third kappa shape index (κ3) is 3.27. The van der Waals surface area contributed by atoms with Crippen LogP contribution in [-0.4, -0.2) is 35.6 Å². The van der Waals surface area contributed by atoms with Crippen LogP contribution < -0.4 is 5.32 Å². The first-order valence-corrected chi connectivity index (χ1v) is 6.53. The van der Waals surface area contributed by atoms with E-state index < -0.39 is 0 Å². The largest absolute Gasteiger partial charge is 0.307 e. The van der Waals surface area contributed by atoms with Crippen LogP contribution in [0.15, 0.2) is 24.5 Å². The third-order valence-corrected chi connectivity index (χ3v) is 3.88. The van der Waals surface area contributed by atoms with Crippen molar-refractivity contribution in [1.29, 1.82) is 0 Å². The van der Waals surface area contributed by atoms with Gasteiger partial charge in [-0.15, -0.1) is 0 Å². The zero-order valence-corrected chi connectivity index (χ0v) is 11.1. The predicted octanol–water partition coefficient (Wildman–Crippen LogP) is 2.21. The average molecular weight is 233 g/mol. The van der Waals surface area contributed by atoms with E-state index in [2.05, 4.69) is 42.2 Å². The fourth-order valence-electron chi connectivity index (χ4n) is 2.52. The highest BCUT2D eigenvalue weighted by molar-refractivity contribution is 5.13. The zero-order valence-electron chi connectivity index (χ0n) is 11.1. The number of likely N-dealkylation sites (tertiary alicyclic amines) is 1. The number of hydrogen-bond donors (Lipinski definition) is 1. The van der Waals surface area contributed by atoms with E-state index in [0.717, 1.165) is 0 Å². The second-order valence-corrected chi connectivity index (χ2v) is 5.23. The Labute approximate surface area is 104 Å². The molecule has 1 saturated heterocycles. The Bertz CT molecular complexity index is 339. The van der Waals surface area contributed by atoms with Gasteiger partial charge >= 0.3 is 0 Å². The molecule has 1 fully saturated rings. The van der Waals surface area contributed by atoms with Gasteiger partial charge in [0.05, 0.1) is 0 Å². The van der Waals surface area contributed by atoms with Gasteiger partial charge in [0, 0.05) is 30.5 Å². The first-order chi connectivity index (χ1) is 8.16. The lowest BCUT2D eigenvalue weighted by Crippen LogP contribution is -2.46. The molecule has 0 spiro atoms. The van der Waals surface area contributed by atoms with Crippen LogP contribution in [0, 0.1) is 0 Å². The monoisotopic (exact) mass is 233 g/mol. The topological polar surface area (TPSA) is 28.2 Å². The lowest BCUT2D eigenvalue weighted by molar-refractivity contribution is 0.163. The van der Waals surface area contributed by atoms with E-state index in [9.17, 15) is 0 Å². The molecule has 1 aromatic heterocycles. The molecule has 94 valence electrons. The molecule has 3 atom stereocenters. The molecule has 1 aliphatic rings. The minimum atomic E-state index is 0.393. The Kier molecular flexibility index (Phi) is 4.13. The predicted molar refractivity (Wildman–Crippen MR) is 70.9 cm³/mol. The Morgan fingerprint density at radius 2 is 2.35 bits per heavy atom. The molecule has 1 N–H and O–H groups in total. The molecule has 1 aromatic rings. The molecular weight excluding hydrogens is 210 g/mol. The lowest BCUT2D eigenvalue weighted by Gasteiger charge is -2.36. The average Bonchev–Trinajstić information content (AvgIpc) is 2.35. The minimum Gasteiger partial charge on any atom is -0.307 e. The molecule has 0 aliphatic carbocycles. The van der Waals surface area contributed by atoms with Crippen LogP contribution in [0.25, 0.3) is 0 Å². The first-order valence-electron chi connectivity index (χ1n) is 6.53. The van der Waals surface area contributed by atoms with Gasteiger partial charge in [0.25, 0.3) is 0 Å². The van der Waals surface area contributed by atoms with E-state index in [4.69, 9.17) is 0 Å². The van der Waals surface area contributed by atoms with Crippen molar-refractivity contribution >= 4 is 0 Å². The maximum Gasteiger partial charge on any atom is 0.0315 e. The van der Waals surface area contributed by atoms with Gasteiger partial charge in [-0.25, -0.2) is 0 Å². The van der Waals surface area contributed by atoms with E-state index in [-0.39, 0.29) is 0 Å². The van der Waals surface area contributed by atoms with E-state index in [1.165, 1.54) is 24.9 Å². The van der Waals surface area contributed by atoms with Crippen molar-refractivity contribution in [2.45, 2.75) is 44.8 Å². The third-order valence-electron chi connectivity index (χ3n) is 3.88. The van der Waals surface area contributed by atoms with Gasteiger partial charge in [-0.05, 0) is 51.9 Å². The normalized spacial score (nSPS) is 27.9. The summed E-state index contributed by atoms with van der Waals surface area (Å²) in [6, 6.07) is 5.86. The zero-order chi connectivity index (χ0) is 12.3. The van der Waals surface area contributed by atoms with Crippen molar-refractivity contribution < 1.29 is 0 Å². The molecule has 0 bridgehead atoms. The quantitative estimate of drug-likeness (QED) is 0.867. The van der Waals surface area contributed by atoms with Gasteiger partial charge in [0.15, 0.2) is 0 Å². The number of aromatic nitrogens is 1. The number of hydrogen-bond acceptors (Lipinski definition) is 3. The van der Waals surface area contributed by atoms with E-state index >= 15 is 0 Å². The highest BCUT2D eigenvalue weighted by Gasteiger charge is 2.23. The van der Waals surface area contributed by atoms with Crippen molar-refractivity contribution in [1.82, 2.24) is 15.2 Å². The van der Waals surface area contributed by atoms with Gasteiger partial charge in [-0.3, -0.25) is 4.98 Å². The molecule has 0 amide bonds. The first kappa shape index (κ1) is 12.5. The van der Waals surface area contributed by atoms with Crippen molar-refractivity contribution in [2.75, 3.05) is 13.6 Å². The number of rotatable bonds is 3. The summed E-state index contributed by atoms with van der Waals surface area (Å²) in [4.78, 5) is 6.62. The highest BCUT2D eigenvalue weighted by Crippen LogP contribution is 2.19. The van der Waals surface area contributed by atoms with Gasteiger partial charge in [-0.2, -0.15) is 0 Å². The number of nitrogens with one attached hydrogen (secondary N) is 1. The molecule has 1 aliphatic heterocycles. The van der Waals surface area contributed by atoms with Gasteiger partial charge in [0.2, 0.25) is 0 Å². The maximum absolute atomic E-state index is 4.18. The maximum atomic E-state index is 4.18. The molecule has 17 heavy (non-hydrogen) atoms. The van der Waals surface area contributed by atoms with Crippen LogP contribution in [0.4, 0.5) is 0 Å². The number of pyridine rings is 1. The fraction of sp³-hybridized carbons (Fsp3) is 0.643. The van der Waals surface area contributed by atoms with E-state index in [0.29, 0.717) is 18.1 Å². The Balaban J connectivity index is 1.89. The van der Waals surface area contributed by atoms with Crippen LogP contribution in [0.3, 0.4) is 0 Å². The summed E-state index contributed by atoms with van der Waals surface area (Å²) in [5, 5.41) is 3.72. The second-order valence-electron chi connectivity index (χ2n) is 5.23. The summed E-state index contributed by atoms with van der Waals surface area (Å²) in [6.45, 7) is 5.72. The molecule has 2 unspecified atom stereocenters. The molecule has 0 aromatic carbocycles. The molecule has 3 heteroatoms. The van der Waals surface area contributed by atoms with E-state index in [1.807, 2.05) is 18.5 Å². The minimum absolute atomic E-state index is 0.393. The van der Waals surface area contributed by atoms with Crippen molar-refractivity contribution in [2.24, 2.45) is 0 Å². The fourth-order valence-corrected chi connectivity index (χ4v) is 2.52. The van der Waals surface area contributed by atoms with Crippen LogP contribution in [-0.2, 0) is 0 Å². The van der Waals surface area contributed by atoms with E-state index in [1.54, 1.807) is 0 Å². The Morgan fingerprint density at radius 1 is 1.53 bits per heavy atom. The lowest BCUT2D eigenvalue weighted by atomic mass is 9.97. The van der Waals surface area contributed by atoms with Crippen LogP contribution in [0.2, 0.25) is 0 Å². The standard InChI is InChI=1S/C14H23N3/c1-11-9-14(6-8-17(11)3)16-12(2)13-5-4-7-15-10-13/h4-5,7,10-12,14,16H,6,8-9H2,1-3H3/t11?,12-,14?/m1/s1. The molecule has 0 saturated carbocycles. The molecule has 0 radical (unpaired) electrons. The Hall–Kier alpha value is -0.930. The van der Waals surface area contributed by atoms with Crippen molar-refractivity contribution in [3.05, 3.63) is 30.1 Å². The van der Waals surface area contributed by atoms with Crippen molar-refractivity contribution in [3.8, 4) is 0 Å².